The van der Waals surface area contributed by atoms with E-state index in [1.165, 1.54) is 25.3 Å². The summed E-state index contributed by atoms with van der Waals surface area (Å²) in [6.07, 6.45) is 0.887. The van der Waals surface area contributed by atoms with Crippen LogP contribution in [-0.4, -0.2) is 24.5 Å². The van der Waals surface area contributed by atoms with Gasteiger partial charge in [0.15, 0.2) is 0 Å². The van der Waals surface area contributed by atoms with Gasteiger partial charge in [-0.1, -0.05) is 0 Å². The number of amides is 1. The molecule has 98 valence electrons. The van der Waals surface area contributed by atoms with Gasteiger partial charge in [0.2, 0.25) is 5.91 Å². The van der Waals surface area contributed by atoms with Gasteiger partial charge in [-0.05, 0) is 19.0 Å². The van der Waals surface area contributed by atoms with Gasteiger partial charge in [-0.15, -0.1) is 0 Å². The molecule has 7 heteroatoms. The standard InChI is InChI=1S/C11H15N3O4/c1-18-10-7-8(14(16)17)4-5-9(10)13-11(15)3-2-6-12/h4-5,7H,2-3,6,12H2,1H3,(H,13,15). The van der Waals surface area contributed by atoms with Crippen LogP contribution in [0, 0.1) is 10.1 Å². The maximum atomic E-state index is 11.5. The quantitative estimate of drug-likeness (QED) is 0.586. The summed E-state index contributed by atoms with van der Waals surface area (Å²) in [7, 11) is 1.38. The number of carbonyl (C=O) groups excluding carboxylic acids is 1. The van der Waals surface area contributed by atoms with Crippen LogP contribution in [0.2, 0.25) is 0 Å². The number of nitro benzene ring substituents is 1. The molecular weight excluding hydrogens is 238 g/mol. The van der Waals surface area contributed by atoms with Crippen LogP contribution >= 0.6 is 0 Å². The molecule has 0 radical (unpaired) electrons. The van der Waals surface area contributed by atoms with Crippen molar-refractivity contribution in [3.05, 3.63) is 28.3 Å². The zero-order chi connectivity index (χ0) is 13.5. The smallest absolute Gasteiger partial charge is 0.273 e. The summed E-state index contributed by atoms with van der Waals surface area (Å²) in [4.78, 5) is 21.6. The highest BCUT2D eigenvalue weighted by molar-refractivity contribution is 5.92. The highest BCUT2D eigenvalue weighted by Gasteiger charge is 2.12. The predicted molar refractivity (Wildman–Crippen MR) is 66.6 cm³/mol. The number of nitrogens with zero attached hydrogens (tertiary/aromatic N) is 1. The van der Waals surface area contributed by atoms with Crippen molar-refractivity contribution in [3.8, 4) is 5.75 Å². The van der Waals surface area contributed by atoms with E-state index in [2.05, 4.69) is 5.32 Å². The molecule has 0 aromatic heterocycles. The number of benzene rings is 1. The Labute approximate surface area is 104 Å². The van der Waals surface area contributed by atoms with E-state index in [1.54, 1.807) is 0 Å². The lowest BCUT2D eigenvalue weighted by atomic mass is 10.2. The predicted octanol–water partition coefficient (Wildman–Crippen LogP) is 1.28. The van der Waals surface area contributed by atoms with Crippen LogP contribution in [0.15, 0.2) is 18.2 Å². The SMILES string of the molecule is COc1cc([N+](=O)[O-])ccc1NC(=O)CCCN. The monoisotopic (exact) mass is 253 g/mol. The number of anilines is 1. The van der Waals surface area contributed by atoms with Crippen molar-refractivity contribution in [2.75, 3.05) is 19.0 Å². The molecule has 0 aliphatic rings. The zero-order valence-electron chi connectivity index (χ0n) is 10.0. The third-order valence-corrected chi connectivity index (χ3v) is 2.28. The number of nitrogens with two attached hydrogens (primary N) is 1. The lowest BCUT2D eigenvalue weighted by molar-refractivity contribution is -0.384. The van der Waals surface area contributed by atoms with Crippen LogP contribution in [0.1, 0.15) is 12.8 Å². The van der Waals surface area contributed by atoms with Crippen molar-refractivity contribution in [2.24, 2.45) is 5.73 Å². The van der Waals surface area contributed by atoms with Crippen LogP contribution in [0.3, 0.4) is 0 Å². The van der Waals surface area contributed by atoms with Crippen molar-refractivity contribution in [3.63, 3.8) is 0 Å². The highest BCUT2D eigenvalue weighted by Crippen LogP contribution is 2.29. The lowest BCUT2D eigenvalue weighted by Gasteiger charge is -2.09. The molecule has 0 bridgehead atoms. The highest BCUT2D eigenvalue weighted by atomic mass is 16.6. The lowest BCUT2D eigenvalue weighted by Crippen LogP contribution is -2.14. The summed E-state index contributed by atoms with van der Waals surface area (Å²) in [5.74, 6) is 0.0536. The number of nitro groups is 1. The van der Waals surface area contributed by atoms with Gasteiger partial charge in [-0.2, -0.15) is 0 Å². The first-order valence-electron chi connectivity index (χ1n) is 5.41. The van der Waals surface area contributed by atoms with Gasteiger partial charge in [0.25, 0.3) is 5.69 Å². The first kappa shape index (κ1) is 13.9. The molecule has 18 heavy (non-hydrogen) atoms. The first-order chi connectivity index (χ1) is 8.58. The third kappa shape index (κ3) is 3.70. The van der Waals surface area contributed by atoms with Crippen molar-refractivity contribution in [1.29, 1.82) is 0 Å². The fourth-order valence-electron chi connectivity index (χ4n) is 1.37. The Balaban J connectivity index is 2.82. The summed E-state index contributed by atoms with van der Waals surface area (Å²) in [5, 5.41) is 13.2. The molecule has 0 spiro atoms. The average molecular weight is 253 g/mol. The van der Waals surface area contributed by atoms with Crippen LogP contribution in [0.4, 0.5) is 11.4 Å². The summed E-state index contributed by atoms with van der Waals surface area (Å²) in [6.45, 7) is 0.435. The number of rotatable bonds is 6. The third-order valence-electron chi connectivity index (χ3n) is 2.28. The van der Waals surface area contributed by atoms with Crippen molar-refractivity contribution >= 4 is 17.3 Å². The molecule has 0 aliphatic carbocycles. The Morgan fingerprint density at radius 3 is 2.83 bits per heavy atom. The number of ether oxygens (including phenoxy) is 1. The topological polar surface area (TPSA) is 107 Å². The molecule has 0 aliphatic heterocycles. The van der Waals surface area contributed by atoms with Crippen LogP contribution in [0.25, 0.3) is 0 Å². The van der Waals surface area contributed by atoms with Gasteiger partial charge in [0, 0.05) is 12.5 Å². The fourth-order valence-corrected chi connectivity index (χ4v) is 1.37. The van der Waals surface area contributed by atoms with Crippen LogP contribution < -0.4 is 15.8 Å². The molecule has 7 nitrogen and oxygen atoms in total. The average Bonchev–Trinajstić information content (AvgIpc) is 2.36. The molecule has 0 saturated heterocycles. The molecule has 1 rings (SSSR count). The molecule has 1 amide bonds. The summed E-state index contributed by atoms with van der Waals surface area (Å²) < 4.78 is 5.00. The van der Waals surface area contributed by atoms with E-state index in [0.29, 0.717) is 25.1 Å². The van der Waals surface area contributed by atoms with E-state index in [1.807, 2.05) is 0 Å². The second-order valence-corrected chi connectivity index (χ2v) is 3.58. The largest absolute Gasteiger partial charge is 0.494 e. The fraction of sp³-hybridized carbons (Fsp3) is 0.364. The summed E-state index contributed by atoms with van der Waals surface area (Å²) >= 11 is 0. The number of non-ortho nitro benzene ring substituents is 1. The minimum absolute atomic E-state index is 0.0909. The van der Waals surface area contributed by atoms with Gasteiger partial charge >= 0.3 is 0 Å². The van der Waals surface area contributed by atoms with Gasteiger partial charge in [-0.25, -0.2) is 0 Å². The van der Waals surface area contributed by atoms with E-state index >= 15 is 0 Å². The van der Waals surface area contributed by atoms with Gasteiger partial charge < -0.3 is 15.8 Å². The van der Waals surface area contributed by atoms with Gasteiger partial charge in [0.1, 0.15) is 5.75 Å². The van der Waals surface area contributed by atoms with E-state index in [4.69, 9.17) is 10.5 Å². The van der Waals surface area contributed by atoms with Crippen molar-refractivity contribution < 1.29 is 14.5 Å². The van der Waals surface area contributed by atoms with Crippen molar-refractivity contribution in [1.82, 2.24) is 0 Å². The van der Waals surface area contributed by atoms with E-state index < -0.39 is 4.92 Å². The molecule has 0 saturated carbocycles. The number of carbonyl (C=O) groups is 1. The minimum Gasteiger partial charge on any atom is -0.494 e. The number of hydrogen-bond acceptors (Lipinski definition) is 5. The molecule has 1 aromatic rings. The molecule has 3 N–H and O–H groups in total. The molecule has 0 atom stereocenters. The van der Waals surface area contributed by atoms with Crippen LogP contribution in [0.5, 0.6) is 5.75 Å². The molecule has 1 aromatic carbocycles. The Morgan fingerprint density at radius 1 is 1.56 bits per heavy atom. The second kappa shape index (κ2) is 6.55. The van der Waals surface area contributed by atoms with E-state index in [-0.39, 0.29) is 17.3 Å². The maximum absolute atomic E-state index is 11.5. The molecule has 0 fully saturated rings. The number of nitrogens with one attached hydrogen (secondary N) is 1. The Bertz CT molecular complexity index is 448. The Kier molecular flexibility index (Phi) is 5.06. The van der Waals surface area contributed by atoms with Crippen molar-refractivity contribution in [2.45, 2.75) is 12.8 Å². The Hall–Kier alpha value is -2.15. The number of methoxy groups -OCH3 is 1. The van der Waals surface area contributed by atoms with E-state index in [0.717, 1.165) is 0 Å². The molecule has 0 unspecified atom stereocenters. The van der Waals surface area contributed by atoms with Crippen LogP contribution in [-0.2, 0) is 4.79 Å². The van der Waals surface area contributed by atoms with Gasteiger partial charge in [0.05, 0.1) is 23.8 Å². The zero-order valence-corrected chi connectivity index (χ0v) is 10.0. The Morgan fingerprint density at radius 2 is 2.28 bits per heavy atom. The van der Waals surface area contributed by atoms with E-state index in [9.17, 15) is 14.9 Å². The minimum atomic E-state index is -0.525. The maximum Gasteiger partial charge on any atom is 0.273 e. The molecular formula is C11H15N3O4. The summed E-state index contributed by atoms with van der Waals surface area (Å²) in [6, 6.07) is 4.01. The summed E-state index contributed by atoms with van der Waals surface area (Å²) in [5.41, 5.74) is 5.62. The second-order valence-electron chi connectivity index (χ2n) is 3.58. The normalized spacial score (nSPS) is 9.89. The first-order valence-corrected chi connectivity index (χ1v) is 5.41. The number of hydrogen-bond donors (Lipinski definition) is 2. The molecule has 0 heterocycles. The van der Waals surface area contributed by atoms with Gasteiger partial charge in [-0.3, -0.25) is 14.9 Å².